The van der Waals surface area contributed by atoms with Crippen molar-refractivity contribution >= 4 is 29.9 Å². The number of aromatic nitrogens is 1. The van der Waals surface area contributed by atoms with Gasteiger partial charge >= 0.3 is 0 Å². The molecule has 1 aliphatic carbocycles. The smallest absolute Gasteiger partial charge is 0.191 e. The summed E-state index contributed by atoms with van der Waals surface area (Å²) in [5.74, 6) is 1.84. The van der Waals surface area contributed by atoms with E-state index in [0.29, 0.717) is 6.04 Å². The lowest BCUT2D eigenvalue weighted by Gasteiger charge is -2.31. The summed E-state index contributed by atoms with van der Waals surface area (Å²) in [7, 11) is 1.85. The van der Waals surface area contributed by atoms with Gasteiger partial charge in [0.2, 0.25) is 0 Å². The number of likely N-dealkylation sites (tertiary alicyclic amines) is 1. The molecule has 2 aliphatic rings. The minimum absolute atomic E-state index is 0. The molecule has 2 fully saturated rings. The van der Waals surface area contributed by atoms with E-state index >= 15 is 0 Å². The van der Waals surface area contributed by atoms with E-state index in [1.54, 1.807) is 0 Å². The Labute approximate surface area is 181 Å². The maximum Gasteiger partial charge on any atom is 0.191 e. The Bertz CT molecular complexity index is 545. The molecule has 6 heteroatoms. The van der Waals surface area contributed by atoms with E-state index in [-0.39, 0.29) is 24.0 Å². The van der Waals surface area contributed by atoms with Crippen molar-refractivity contribution in [2.75, 3.05) is 33.2 Å². The highest BCUT2D eigenvalue weighted by molar-refractivity contribution is 14.0. The molecule has 0 radical (unpaired) electrons. The van der Waals surface area contributed by atoms with Crippen LogP contribution in [0, 0.1) is 5.92 Å². The molecule has 5 nitrogen and oxygen atoms in total. The maximum atomic E-state index is 4.38. The Hall–Kier alpha value is -0.890. The molecule has 0 aromatic carbocycles. The van der Waals surface area contributed by atoms with Crippen LogP contribution in [0.2, 0.25) is 0 Å². The molecule has 1 aliphatic heterocycles. The number of halogens is 1. The van der Waals surface area contributed by atoms with Crippen molar-refractivity contribution in [2.45, 2.75) is 57.4 Å². The number of hydrogen-bond donors (Lipinski definition) is 2. The first kappa shape index (κ1) is 22.4. The standard InChI is InChI=1S/C21H35N5.HI/c1-22-21(24-14-12-19-10-5-6-13-23-19)25-16-20-11-7-15-26(20)17-18-8-3-2-4-9-18;/h5-6,10,13,18,20H,2-4,7-9,11-12,14-17H2,1H3,(H2,22,24,25);1H. The van der Waals surface area contributed by atoms with Gasteiger partial charge in [-0.05, 0) is 50.3 Å². The van der Waals surface area contributed by atoms with Gasteiger partial charge in [-0.1, -0.05) is 25.3 Å². The first-order valence-corrected chi connectivity index (χ1v) is 10.4. The first-order chi connectivity index (χ1) is 12.8. The molecule has 27 heavy (non-hydrogen) atoms. The monoisotopic (exact) mass is 485 g/mol. The van der Waals surface area contributed by atoms with Gasteiger partial charge in [-0.2, -0.15) is 0 Å². The summed E-state index contributed by atoms with van der Waals surface area (Å²) in [6, 6.07) is 6.72. The highest BCUT2D eigenvalue weighted by atomic mass is 127. The van der Waals surface area contributed by atoms with Gasteiger partial charge in [0.05, 0.1) is 0 Å². The van der Waals surface area contributed by atoms with Crippen LogP contribution in [-0.4, -0.2) is 55.1 Å². The molecule has 3 rings (SSSR count). The molecule has 1 unspecified atom stereocenters. The zero-order valence-electron chi connectivity index (χ0n) is 16.7. The van der Waals surface area contributed by atoms with E-state index in [4.69, 9.17) is 0 Å². The van der Waals surface area contributed by atoms with Gasteiger partial charge < -0.3 is 10.6 Å². The van der Waals surface area contributed by atoms with Crippen LogP contribution in [0.15, 0.2) is 29.4 Å². The summed E-state index contributed by atoms with van der Waals surface area (Å²) >= 11 is 0. The fraction of sp³-hybridized carbons (Fsp3) is 0.714. The molecular formula is C21H36IN5. The molecule has 1 atom stereocenters. The summed E-state index contributed by atoms with van der Waals surface area (Å²) in [5.41, 5.74) is 1.12. The molecule has 0 bridgehead atoms. The lowest BCUT2D eigenvalue weighted by atomic mass is 9.89. The number of aliphatic imine (C=N–C) groups is 1. The number of nitrogens with zero attached hydrogens (tertiary/aromatic N) is 3. The summed E-state index contributed by atoms with van der Waals surface area (Å²) < 4.78 is 0. The van der Waals surface area contributed by atoms with E-state index in [9.17, 15) is 0 Å². The van der Waals surface area contributed by atoms with E-state index in [1.807, 2.05) is 25.4 Å². The number of nitrogens with one attached hydrogen (secondary N) is 2. The molecular weight excluding hydrogens is 449 g/mol. The van der Waals surface area contributed by atoms with Gasteiger partial charge in [-0.3, -0.25) is 14.9 Å². The van der Waals surface area contributed by atoms with E-state index in [0.717, 1.165) is 37.1 Å². The Kier molecular flexibility index (Phi) is 10.4. The molecule has 152 valence electrons. The zero-order chi connectivity index (χ0) is 18.0. The first-order valence-electron chi connectivity index (χ1n) is 10.4. The van der Waals surface area contributed by atoms with Crippen LogP contribution in [-0.2, 0) is 6.42 Å². The number of rotatable bonds is 7. The summed E-state index contributed by atoms with van der Waals surface area (Å²) in [6.45, 7) is 4.43. The van der Waals surface area contributed by atoms with Gasteiger partial charge in [0, 0.05) is 51.0 Å². The second-order valence-electron chi connectivity index (χ2n) is 7.75. The third-order valence-corrected chi connectivity index (χ3v) is 5.84. The van der Waals surface area contributed by atoms with Crippen LogP contribution in [0.3, 0.4) is 0 Å². The Morgan fingerprint density at radius 2 is 2.00 bits per heavy atom. The Morgan fingerprint density at radius 1 is 1.15 bits per heavy atom. The van der Waals surface area contributed by atoms with E-state index < -0.39 is 0 Å². The highest BCUT2D eigenvalue weighted by Crippen LogP contribution is 2.27. The molecule has 1 aromatic rings. The van der Waals surface area contributed by atoms with Gasteiger partial charge in [0.25, 0.3) is 0 Å². The average Bonchev–Trinajstić information content (AvgIpc) is 3.13. The normalized spacial score (nSPS) is 21.7. The molecule has 2 heterocycles. The molecule has 1 saturated heterocycles. The van der Waals surface area contributed by atoms with Crippen molar-refractivity contribution in [3.05, 3.63) is 30.1 Å². The predicted octanol–water partition coefficient (Wildman–Crippen LogP) is 3.45. The van der Waals surface area contributed by atoms with Crippen molar-refractivity contribution in [2.24, 2.45) is 10.9 Å². The van der Waals surface area contributed by atoms with Crippen LogP contribution >= 0.6 is 24.0 Å². The molecule has 1 saturated carbocycles. The van der Waals surface area contributed by atoms with Gasteiger partial charge in [0.1, 0.15) is 0 Å². The van der Waals surface area contributed by atoms with Gasteiger partial charge in [0.15, 0.2) is 5.96 Å². The van der Waals surface area contributed by atoms with Gasteiger partial charge in [-0.15, -0.1) is 24.0 Å². The van der Waals surface area contributed by atoms with Crippen molar-refractivity contribution in [3.63, 3.8) is 0 Å². The zero-order valence-corrected chi connectivity index (χ0v) is 19.0. The Morgan fingerprint density at radius 3 is 2.74 bits per heavy atom. The van der Waals surface area contributed by atoms with Crippen LogP contribution in [0.5, 0.6) is 0 Å². The molecule has 2 N–H and O–H groups in total. The van der Waals surface area contributed by atoms with Crippen LogP contribution in [0.1, 0.15) is 50.6 Å². The average molecular weight is 485 g/mol. The third kappa shape index (κ3) is 7.56. The number of pyridine rings is 1. The molecule has 1 aromatic heterocycles. The van der Waals surface area contributed by atoms with Crippen molar-refractivity contribution < 1.29 is 0 Å². The van der Waals surface area contributed by atoms with Gasteiger partial charge in [-0.25, -0.2) is 0 Å². The summed E-state index contributed by atoms with van der Waals surface area (Å²) in [5, 5.41) is 6.96. The van der Waals surface area contributed by atoms with E-state index in [2.05, 4.69) is 31.6 Å². The van der Waals surface area contributed by atoms with Crippen LogP contribution in [0.25, 0.3) is 0 Å². The molecule has 0 spiro atoms. The second-order valence-corrected chi connectivity index (χ2v) is 7.75. The Balaban J connectivity index is 0.00000261. The summed E-state index contributed by atoms with van der Waals surface area (Å²) in [4.78, 5) is 11.5. The van der Waals surface area contributed by atoms with Crippen molar-refractivity contribution in [1.82, 2.24) is 20.5 Å². The largest absolute Gasteiger partial charge is 0.356 e. The van der Waals surface area contributed by atoms with Crippen molar-refractivity contribution in [3.8, 4) is 0 Å². The predicted molar refractivity (Wildman–Crippen MR) is 124 cm³/mol. The minimum atomic E-state index is 0. The van der Waals surface area contributed by atoms with Crippen LogP contribution in [0.4, 0.5) is 0 Å². The van der Waals surface area contributed by atoms with Crippen molar-refractivity contribution in [1.29, 1.82) is 0 Å². The highest BCUT2D eigenvalue weighted by Gasteiger charge is 2.27. The SMILES string of the molecule is CN=C(NCCc1ccccn1)NCC1CCCN1CC1CCCCC1.I. The minimum Gasteiger partial charge on any atom is -0.356 e. The summed E-state index contributed by atoms with van der Waals surface area (Å²) in [6.07, 6.45) is 12.6. The van der Waals surface area contributed by atoms with E-state index in [1.165, 1.54) is 58.0 Å². The molecule has 0 amide bonds. The third-order valence-electron chi connectivity index (χ3n) is 5.84. The van der Waals surface area contributed by atoms with Crippen LogP contribution < -0.4 is 10.6 Å². The fourth-order valence-electron chi connectivity index (χ4n) is 4.36. The lowest BCUT2D eigenvalue weighted by molar-refractivity contribution is 0.188. The lowest BCUT2D eigenvalue weighted by Crippen LogP contribution is -2.46. The second kappa shape index (κ2) is 12.5. The quantitative estimate of drug-likeness (QED) is 0.353. The fourth-order valence-corrected chi connectivity index (χ4v) is 4.36. The maximum absolute atomic E-state index is 4.38. The number of hydrogen-bond acceptors (Lipinski definition) is 3. The number of guanidine groups is 1. The topological polar surface area (TPSA) is 52.6 Å².